The molecule has 25 heavy (non-hydrogen) atoms. The van der Waals surface area contributed by atoms with Gasteiger partial charge in [0.05, 0.1) is 0 Å². The number of thiophene rings is 1. The first kappa shape index (κ1) is 20.7. The van der Waals surface area contributed by atoms with Crippen LogP contribution in [0.3, 0.4) is 0 Å². The number of carbonyl (C=O) groups is 1. The van der Waals surface area contributed by atoms with Crippen molar-refractivity contribution < 1.29 is 9.53 Å². The number of hydrogen-bond acceptors (Lipinski definition) is 4. The van der Waals surface area contributed by atoms with Gasteiger partial charge in [0.25, 0.3) is 0 Å². The van der Waals surface area contributed by atoms with Crippen LogP contribution in [0.4, 0.5) is 0 Å². The molecule has 142 valence electrons. The van der Waals surface area contributed by atoms with Crippen molar-refractivity contribution >= 4 is 29.7 Å². The van der Waals surface area contributed by atoms with Crippen molar-refractivity contribution in [1.29, 1.82) is 0 Å². The number of halogens is 1. The molecule has 2 heterocycles. The summed E-state index contributed by atoms with van der Waals surface area (Å²) in [6, 6.07) is 2.54. The van der Waals surface area contributed by atoms with Crippen LogP contribution in [0.25, 0.3) is 0 Å². The highest BCUT2D eigenvalue weighted by Gasteiger charge is 2.57. The van der Waals surface area contributed by atoms with Gasteiger partial charge in [-0.25, -0.2) is 0 Å². The summed E-state index contributed by atoms with van der Waals surface area (Å²) < 4.78 is 5.65. The highest BCUT2D eigenvalue weighted by atomic mass is 35.5. The van der Waals surface area contributed by atoms with E-state index in [0.717, 1.165) is 26.1 Å². The number of carbonyl (C=O) groups excluding carboxylic acids is 1. The summed E-state index contributed by atoms with van der Waals surface area (Å²) in [6.07, 6.45) is 6.96. The Balaban J connectivity index is 0.00000225. The Morgan fingerprint density at radius 1 is 1.40 bits per heavy atom. The van der Waals surface area contributed by atoms with Gasteiger partial charge in [-0.05, 0) is 66.6 Å². The molecular weight excluding hydrogens is 356 g/mol. The van der Waals surface area contributed by atoms with Gasteiger partial charge in [0.1, 0.15) is 6.61 Å². The maximum atomic E-state index is 12.8. The van der Waals surface area contributed by atoms with Gasteiger partial charge < -0.3 is 15.0 Å². The zero-order valence-electron chi connectivity index (χ0n) is 15.2. The van der Waals surface area contributed by atoms with Crippen LogP contribution in [-0.4, -0.2) is 43.2 Å². The molecule has 1 aromatic rings. The molecule has 4 nitrogen and oxygen atoms in total. The Morgan fingerprint density at radius 3 is 2.88 bits per heavy atom. The molecule has 1 N–H and O–H groups in total. The third-order valence-electron chi connectivity index (χ3n) is 5.49. The summed E-state index contributed by atoms with van der Waals surface area (Å²) in [5.41, 5.74) is 1.62. The second-order valence-electron chi connectivity index (χ2n) is 7.25. The van der Waals surface area contributed by atoms with Crippen molar-refractivity contribution in [2.24, 2.45) is 5.41 Å². The van der Waals surface area contributed by atoms with Crippen LogP contribution in [0.1, 0.15) is 51.0 Å². The minimum atomic E-state index is 0. The second kappa shape index (κ2) is 9.91. The molecular formula is C19H31ClN2O2S. The lowest BCUT2D eigenvalue weighted by molar-refractivity contribution is -0.138. The van der Waals surface area contributed by atoms with E-state index < -0.39 is 0 Å². The topological polar surface area (TPSA) is 41.6 Å². The van der Waals surface area contributed by atoms with Crippen LogP contribution >= 0.6 is 23.7 Å². The zero-order chi connectivity index (χ0) is 16.8. The van der Waals surface area contributed by atoms with Crippen molar-refractivity contribution in [3.05, 3.63) is 22.4 Å². The fourth-order valence-electron chi connectivity index (χ4n) is 3.88. The van der Waals surface area contributed by atoms with E-state index in [1.165, 1.54) is 37.7 Å². The average molecular weight is 387 g/mol. The molecule has 2 fully saturated rings. The largest absolute Gasteiger partial charge is 0.372 e. The average Bonchev–Trinajstić information content (AvgIpc) is 3.03. The number of hydrogen-bond donors (Lipinski definition) is 1. The van der Waals surface area contributed by atoms with E-state index in [2.05, 4.69) is 34.0 Å². The van der Waals surface area contributed by atoms with Gasteiger partial charge in [-0.1, -0.05) is 19.8 Å². The summed E-state index contributed by atoms with van der Waals surface area (Å²) in [5.74, 6) is 0.165. The van der Waals surface area contributed by atoms with E-state index in [9.17, 15) is 4.79 Å². The number of amides is 1. The minimum Gasteiger partial charge on any atom is -0.372 e. The molecule has 1 amide bonds. The summed E-state index contributed by atoms with van der Waals surface area (Å²) in [4.78, 5) is 14.9. The summed E-state index contributed by atoms with van der Waals surface area (Å²) >= 11 is 1.70. The van der Waals surface area contributed by atoms with E-state index in [0.29, 0.717) is 18.1 Å². The normalized spacial score (nSPS) is 20.9. The number of unbranched alkanes of at least 4 members (excludes halogenated alkanes) is 2. The van der Waals surface area contributed by atoms with Crippen molar-refractivity contribution in [3.8, 4) is 0 Å². The van der Waals surface area contributed by atoms with Crippen LogP contribution < -0.4 is 5.32 Å². The van der Waals surface area contributed by atoms with Crippen LogP contribution in [0.2, 0.25) is 0 Å². The van der Waals surface area contributed by atoms with Gasteiger partial charge in [0, 0.05) is 19.2 Å². The van der Waals surface area contributed by atoms with Crippen LogP contribution in [-0.2, 0) is 16.1 Å². The molecule has 3 rings (SSSR count). The van der Waals surface area contributed by atoms with Gasteiger partial charge in [0.15, 0.2) is 0 Å². The van der Waals surface area contributed by atoms with Crippen LogP contribution in [0.15, 0.2) is 16.8 Å². The molecule has 1 aliphatic carbocycles. The van der Waals surface area contributed by atoms with E-state index in [1.54, 1.807) is 11.3 Å². The minimum absolute atomic E-state index is 0. The molecule has 1 atom stereocenters. The highest BCUT2D eigenvalue weighted by Crippen LogP contribution is 2.56. The molecule has 2 aliphatic rings. The Bertz CT molecular complexity index is 518. The Morgan fingerprint density at radius 2 is 2.20 bits per heavy atom. The van der Waals surface area contributed by atoms with E-state index >= 15 is 0 Å². The van der Waals surface area contributed by atoms with Crippen molar-refractivity contribution in [3.63, 3.8) is 0 Å². The lowest BCUT2D eigenvalue weighted by Crippen LogP contribution is -2.40. The SMILES string of the molecule is CCCCCOCC(=O)N(Cc1ccsc1)C1CC12CCNCC2.Cl. The Kier molecular flexibility index (Phi) is 8.20. The first-order valence-corrected chi connectivity index (χ1v) is 10.3. The van der Waals surface area contributed by atoms with Crippen LogP contribution in [0, 0.1) is 5.41 Å². The first-order chi connectivity index (χ1) is 11.7. The Hall–Kier alpha value is -0.620. The molecule has 0 bridgehead atoms. The summed E-state index contributed by atoms with van der Waals surface area (Å²) in [6.45, 7) is 6.03. The van der Waals surface area contributed by atoms with Gasteiger partial charge in [0.2, 0.25) is 5.91 Å². The lowest BCUT2D eigenvalue weighted by Gasteiger charge is -2.29. The van der Waals surface area contributed by atoms with Gasteiger partial charge >= 0.3 is 0 Å². The smallest absolute Gasteiger partial charge is 0.249 e. The lowest BCUT2D eigenvalue weighted by atomic mass is 9.93. The molecule has 1 unspecified atom stereocenters. The molecule has 0 radical (unpaired) electrons. The number of nitrogens with one attached hydrogen (secondary N) is 1. The molecule has 1 spiro atoms. The van der Waals surface area contributed by atoms with E-state index in [4.69, 9.17) is 4.74 Å². The van der Waals surface area contributed by atoms with Crippen LogP contribution in [0.5, 0.6) is 0 Å². The van der Waals surface area contributed by atoms with Crippen molar-refractivity contribution in [2.45, 2.75) is 58.0 Å². The molecule has 1 saturated heterocycles. The Labute approximate surface area is 161 Å². The third kappa shape index (κ3) is 5.43. The highest BCUT2D eigenvalue weighted by molar-refractivity contribution is 7.07. The van der Waals surface area contributed by atoms with Gasteiger partial charge in [-0.15, -0.1) is 12.4 Å². The molecule has 1 saturated carbocycles. The third-order valence-corrected chi connectivity index (χ3v) is 6.23. The number of ether oxygens (including phenoxy) is 1. The first-order valence-electron chi connectivity index (χ1n) is 9.34. The quantitative estimate of drug-likeness (QED) is 0.655. The van der Waals surface area contributed by atoms with Gasteiger partial charge in [-0.2, -0.15) is 11.3 Å². The fraction of sp³-hybridized carbons (Fsp3) is 0.737. The predicted molar refractivity (Wildman–Crippen MR) is 105 cm³/mol. The van der Waals surface area contributed by atoms with Crippen molar-refractivity contribution in [2.75, 3.05) is 26.3 Å². The molecule has 6 heteroatoms. The standard InChI is InChI=1S/C19H30N2O2S.ClH/c1-2-3-4-10-23-14-18(22)21(13-16-5-11-24-15-16)17-12-19(17)6-8-20-9-7-19;/h5,11,15,17,20H,2-4,6-10,12-14H2,1H3;1H. The van der Waals surface area contributed by atoms with Gasteiger partial charge in [-0.3, -0.25) is 4.79 Å². The van der Waals surface area contributed by atoms with E-state index in [1.807, 2.05) is 0 Å². The summed E-state index contributed by atoms with van der Waals surface area (Å²) in [7, 11) is 0. The predicted octanol–water partition coefficient (Wildman–Crippen LogP) is 3.85. The maximum Gasteiger partial charge on any atom is 0.249 e. The number of piperidine rings is 1. The molecule has 0 aromatic carbocycles. The maximum absolute atomic E-state index is 12.8. The second-order valence-corrected chi connectivity index (χ2v) is 8.03. The fourth-order valence-corrected chi connectivity index (χ4v) is 4.54. The van der Waals surface area contributed by atoms with E-state index in [-0.39, 0.29) is 24.9 Å². The number of nitrogens with zero attached hydrogens (tertiary/aromatic N) is 1. The molecule has 1 aliphatic heterocycles. The molecule has 1 aromatic heterocycles. The monoisotopic (exact) mass is 386 g/mol. The number of rotatable bonds is 9. The zero-order valence-corrected chi connectivity index (χ0v) is 16.8. The van der Waals surface area contributed by atoms with Crippen molar-refractivity contribution in [1.82, 2.24) is 10.2 Å². The summed E-state index contributed by atoms with van der Waals surface area (Å²) in [5, 5.41) is 7.68.